The highest BCUT2D eigenvalue weighted by molar-refractivity contribution is 6.20. The number of imide groups is 1. The van der Waals surface area contributed by atoms with Crippen LogP contribution in [-0.4, -0.2) is 23.1 Å². The van der Waals surface area contributed by atoms with E-state index in [0.717, 1.165) is 4.90 Å². The van der Waals surface area contributed by atoms with Crippen LogP contribution in [0.1, 0.15) is 27.9 Å². The van der Waals surface area contributed by atoms with Crippen molar-refractivity contribution in [3.05, 3.63) is 47.8 Å². The number of amides is 2. The summed E-state index contributed by atoms with van der Waals surface area (Å²) in [6, 6.07) is 9.37. The lowest BCUT2D eigenvalue weighted by Crippen LogP contribution is -2.35. The van der Waals surface area contributed by atoms with Crippen molar-refractivity contribution in [3.63, 3.8) is 0 Å². The summed E-state index contributed by atoms with van der Waals surface area (Å²) in [7, 11) is 0. The van der Waals surface area contributed by atoms with Crippen LogP contribution < -0.4 is 10.6 Å². The second kappa shape index (κ2) is 5.40. The van der Waals surface area contributed by atoms with Gasteiger partial charge in [-0.25, -0.2) is 4.90 Å². The molecule has 0 fully saturated rings. The molecule has 0 spiro atoms. The molecule has 0 aliphatic rings. The van der Waals surface area contributed by atoms with E-state index in [1.54, 1.807) is 18.2 Å². The average molecular weight is 271 g/mol. The lowest BCUT2D eigenvalue weighted by atomic mass is 10.2. The molecule has 0 atom stereocenters. The van der Waals surface area contributed by atoms with Gasteiger partial charge in [-0.05, 0) is 30.3 Å². The number of aromatic amines is 1. The van der Waals surface area contributed by atoms with Crippen LogP contribution in [0.3, 0.4) is 0 Å². The molecule has 2 aromatic rings. The molecule has 1 aromatic carbocycles. The number of carbonyl (C=O) groups is 3. The fourth-order valence-electron chi connectivity index (χ4n) is 1.83. The molecule has 6 nitrogen and oxygen atoms in total. The lowest BCUT2D eigenvalue weighted by molar-refractivity contribution is -0.115. The second-order valence-corrected chi connectivity index (χ2v) is 4.20. The minimum absolute atomic E-state index is 0.157. The molecule has 3 N–H and O–H groups in total. The highest BCUT2D eigenvalue weighted by Crippen LogP contribution is 2.20. The summed E-state index contributed by atoms with van der Waals surface area (Å²) in [4.78, 5) is 38.3. The van der Waals surface area contributed by atoms with Gasteiger partial charge < -0.3 is 10.7 Å². The third-order valence-electron chi connectivity index (χ3n) is 2.71. The fourth-order valence-corrected chi connectivity index (χ4v) is 1.83. The molecule has 2 amide bonds. The van der Waals surface area contributed by atoms with Crippen molar-refractivity contribution >= 4 is 29.5 Å². The molecule has 2 rings (SSSR count). The number of nitrogens with zero attached hydrogens (tertiary/aromatic N) is 1. The molecule has 6 heteroatoms. The molecule has 1 aromatic heterocycles. The van der Waals surface area contributed by atoms with E-state index in [9.17, 15) is 14.4 Å². The first-order chi connectivity index (χ1) is 9.52. The minimum atomic E-state index is -0.545. The van der Waals surface area contributed by atoms with E-state index in [0.29, 0.717) is 17.7 Å². The van der Waals surface area contributed by atoms with Crippen molar-refractivity contribution in [2.45, 2.75) is 6.92 Å². The first kappa shape index (κ1) is 13.5. The molecular weight excluding hydrogens is 258 g/mol. The topological polar surface area (TPSA) is 96.3 Å². The Kier molecular flexibility index (Phi) is 3.65. The number of anilines is 2. The smallest absolute Gasteiger partial charge is 0.281 e. The number of aldehydes is 1. The summed E-state index contributed by atoms with van der Waals surface area (Å²) in [5.41, 5.74) is 6.91. The van der Waals surface area contributed by atoms with Crippen LogP contribution in [0.15, 0.2) is 36.4 Å². The van der Waals surface area contributed by atoms with Crippen molar-refractivity contribution < 1.29 is 14.4 Å². The number of H-pyrrole nitrogens is 1. The van der Waals surface area contributed by atoms with Gasteiger partial charge in [0.05, 0.1) is 11.4 Å². The molecule has 102 valence electrons. The minimum Gasteiger partial charge on any atom is -0.399 e. The maximum atomic E-state index is 12.3. The van der Waals surface area contributed by atoms with Crippen molar-refractivity contribution in [3.8, 4) is 0 Å². The SMILES string of the molecule is CC(=O)N(C(=O)c1ccc(C=O)[nH]1)c1cccc(N)c1. The number of aromatic nitrogens is 1. The van der Waals surface area contributed by atoms with E-state index < -0.39 is 11.8 Å². The quantitative estimate of drug-likeness (QED) is 0.654. The summed E-state index contributed by atoms with van der Waals surface area (Å²) in [6.07, 6.45) is 0.593. The molecule has 0 aliphatic carbocycles. The van der Waals surface area contributed by atoms with Gasteiger partial charge in [0.25, 0.3) is 5.91 Å². The Labute approximate surface area is 115 Å². The third-order valence-corrected chi connectivity index (χ3v) is 2.71. The number of hydrogen-bond acceptors (Lipinski definition) is 4. The Hall–Kier alpha value is -2.89. The Morgan fingerprint density at radius 3 is 2.55 bits per heavy atom. The van der Waals surface area contributed by atoms with Gasteiger partial charge in [0.2, 0.25) is 5.91 Å². The van der Waals surface area contributed by atoms with Gasteiger partial charge in [-0.15, -0.1) is 0 Å². The highest BCUT2D eigenvalue weighted by atomic mass is 16.2. The zero-order valence-electron chi connectivity index (χ0n) is 10.8. The summed E-state index contributed by atoms with van der Waals surface area (Å²) in [5.74, 6) is -0.987. The number of benzene rings is 1. The van der Waals surface area contributed by atoms with Gasteiger partial charge in [0, 0.05) is 12.6 Å². The molecule has 1 heterocycles. The molecule has 20 heavy (non-hydrogen) atoms. The third kappa shape index (κ3) is 2.59. The molecule has 0 saturated heterocycles. The maximum absolute atomic E-state index is 12.3. The van der Waals surface area contributed by atoms with Crippen LogP contribution in [0.5, 0.6) is 0 Å². The van der Waals surface area contributed by atoms with Gasteiger partial charge >= 0.3 is 0 Å². The predicted molar refractivity (Wildman–Crippen MR) is 74.5 cm³/mol. The fraction of sp³-hybridized carbons (Fsp3) is 0.0714. The number of nitrogens with two attached hydrogens (primary N) is 1. The van der Waals surface area contributed by atoms with E-state index in [-0.39, 0.29) is 11.4 Å². The number of carbonyl (C=O) groups excluding carboxylic acids is 3. The molecule has 0 unspecified atom stereocenters. The number of nitrogen functional groups attached to an aromatic ring is 1. The first-order valence-electron chi connectivity index (χ1n) is 5.87. The van der Waals surface area contributed by atoms with Gasteiger partial charge in [0.15, 0.2) is 6.29 Å². The van der Waals surface area contributed by atoms with Crippen molar-refractivity contribution in [2.24, 2.45) is 0 Å². The molecule has 0 bridgehead atoms. The van der Waals surface area contributed by atoms with Crippen molar-refractivity contribution in [1.82, 2.24) is 4.98 Å². The van der Waals surface area contributed by atoms with Crippen molar-refractivity contribution in [2.75, 3.05) is 10.6 Å². The number of rotatable bonds is 3. The Morgan fingerprint density at radius 2 is 2.00 bits per heavy atom. The van der Waals surface area contributed by atoms with Crippen LogP contribution in [0, 0.1) is 0 Å². The van der Waals surface area contributed by atoms with Crippen LogP contribution in [-0.2, 0) is 4.79 Å². The monoisotopic (exact) mass is 271 g/mol. The van der Waals surface area contributed by atoms with E-state index >= 15 is 0 Å². The highest BCUT2D eigenvalue weighted by Gasteiger charge is 2.23. The second-order valence-electron chi connectivity index (χ2n) is 4.20. The maximum Gasteiger partial charge on any atom is 0.281 e. The molecular formula is C14H13N3O3. The first-order valence-corrected chi connectivity index (χ1v) is 5.87. The zero-order chi connectivity index (χ0) is 14.7. The van der Waals surface area contributed by atoms with E-state index in [1.165, 1.54) is 25.1 Å². The largest absolute Gasteiger partial charge is 0.399 e. The van der Waals surface area contributed by atoms with Crippen LogP contribution in [0.25, 0.3) is 0 Å². The van der Waals surface area contributed by atoms with Crippen LogP contribution in [0.4, 0.5) is 11.4 Å². The van der Waals surface area contributed by atoms with E-state index in [1.807, 2.05) is 0 Å². The van der Waals surface area contributed by atoms with E-state index in [4.69, 9.17) is 5.73 Å². The number of nitrogens with one attached hydrogen (secondary N) is 1. The average Bonchev–Trinajstić information content (AvgIpc) is 2.87. The van der Waals surface area contributed by atoms with Crippen LogP contribution in [0.2, 0.25) is 0 Å². The summed E-state index contributed by atoms with van der Waals surface area (Å²) in [6.45, 7) is 1.28. The summed E-state index contributed by atoms with van der Waals surface area (Å²) >= 11 is 0. The Morgan fingerprint density at radius 1 is 1.25 bits per heavy atom. The number of hydrogen-bond donors (Lipinski definition) is 2. The zero-order valence-corrected chi connectivity index (χ0v) is 10.8. The standard InChI is InChI=1S/C14H13N3O3/c1-9(19)17(12-4-2-3-10(15)7-12)14(20)13-6-5-11(8-18)16-13/h2-8,16H,15H2,1H3. The predicted octanol–water partition coefficient (Wildman–Crippen LogP) is 1.60. The lowest BCUT2D eigenvalue weighted by Gasteiger charge is -2.18. The molecule has 0 radical (unpaired) electrons. The Bertz CT molecular complexity index is 676. The summed E-state index contributed by atoms with van der Waals surface area (Å²) in [5, 5.41) is 0. The van der Waals surface area contributed by atoms with Gasteiger partial charge in [-0.3, -0.25) is 14.4 Å². The Balaban J connectivity index is 2.40. The van der Waals surface area contributed by atoms with Gasteiger partial charge in [-0.1, -0.05) is 6.07 Å². The molecule has 0 saturated carbocycles. The normalized spacial score (nSPS) is 10.1. The van der Waals surface area contributed by atoms with Crippen molar-refractivity contribution in [1.29, 1.82) is 0 Å². The van der Waals surface area contributed by atoms with Gasteiger partial charge in [-0.2, -0.15) is 0 Å². The summed E-state index contributed by atoms with van der Waals surface area (Å²) < 4.78 is 0. The molecule has 0 aliphatic heterocycles. The van der Waals surface area contributed by atoms with E-state index in [2.05, 4.69) is 4.98 Å². The van der Waals surface area contributed by atoms with Crippen LogP contribution >= 0.6 is 0 Å². The van der Waals surface area contributed by atoms with Gasteiger partial charge in [0.1, 0.15) is 5.69 Å².